The number of carbonyl (C=O) groups is 1. The van der Waals surface area contributed by atoms with Crippen molar-refractivity contribution in [2.75, 3.05) is 18.4 Å². The molecule has 1 fully saturated rings. The molecule has 0 aliphatic heterocycles. The van der Waals surface area contributed by atoms with E-state index in [1.165, 1.54) is 24.3 Å². The topological polar surface area (TPSA) is 89.2 Å². The molecule has 1 aromatic carbocycles. The lowest BCUT2D eigenvalue weighted by Crippen LogP contribution is -2.40. The Morgan fingerprint density at radius 1 is 1.24 bits per heavy atom. The Morgan fingerprint density at radius 3 is 2.31 bits per heavy atom. The van der Waals surface area contributed by atoms with E-state index < -0.39 is 12.0 Å². The second-order valence-corrected chi connectivity index (χ2v) is 7.37. The molecule has 0 aromatic heterocycles. The molecule has 1 aliphatic carbocycles. The highest BCUT2D eigenvalue weighted by atomic mass is 127. The van der Waals surface area contributed by atoms with Crippen molar-refractivity contribution in [2.24, 2.45) is 10.7 Å². The summed E-state index contributed by atoms with van der Waals surface area (Å²) in [5.74, 6) is -0.240. The minimum Gasteiger partial charge on any atom is -0.444 e. The Balaban J connectivity index is 0.00000420. The van der Waals surface area contributed by atoms with Crippen molar-refractivity contribution >= 4 is 41.7 Å². The van der Waals surface area contributed by atoms with E-state index >= 15 is 0 Å². The molecular formula is C18H26F3IN4O3. The van der Waals surface area contributed by atoms with Gasteiger partial charge in [0.2, 0.25) is 0 Å². The Kier molecular flexibility index (Phi) is 8.84. The number of hydrogen-bond donors (Lipinski definition) is 2. The summed E-state index contributed by atoms with van der Waals surface area (Å²) in [5.41, 5.74) is 5.68. The number of halogens is 4. The monoisotopic (exact) mass is 530 g/mol. The summed E-state index contributed by atoms with van der Waals surface area (Å²) < 4.78 is 45.7. The SMILES string of the molecule is CC(C)(C)OC(=O)N(CCN=C(N)Nc1ccc(OC(F)(F)F)cc1)C1CC1.I. The van der Waals surface area contributed by atoms with Crippen molar-refractivity contribution in [3.8, 4) is 5.75 Å². The van der Waals surface area contributed by atoms with Crippen molar-refractivity contribution < 1.29 is 27.4 Å². The fraction of sp³-hybridized carbons (Fsp3) is 0.556. The summed E-state index contributed by atoms with van der Waals surface area (Å²) in [6.07, 6.45) is -3.25. The number of alkyl halides is 3. The molecule has 0 atom stereocenters. The maximum Gasteiger partial charge on any atom is 0.573 e. The highest BCUT2D eigenvalue weighted by molar-refractivity contribution is 14.0. The van der Waals surface area contributed by atoms with Crippen LogP contribution in [0.4, 0.5) is 23.7 Å². The molecule has 0 bridgehead atoms. The van der Waals surface area contributed by atoms with Crippen molar-refractivity contribution in [3.63, 3.8) is 0 Å². The maximum absolute atomic E-state index is 12.3. The van der Waals surface area contributed by atoms with E-state index in [1.807, 2.05) is 0 Å². The van der Waals surface area contributed by atoms with Gasteiger partial charge in [-0.1, -0.05) is 0 Å². The molecule has 1 amide bonds. The molecule has 164 valence electrons. The van der Waals surface area contributed by atoms with Crippen LogP contribution in [-0.4, -0.2) is 48.0 Å². The van der Waals surface area contributed by atoms with Crippen molar-refractivity contribution in [2.45, 2.75) is 51.6 Å². The number of anilines is 1. The summed E-state index contributed by atoms with van der Waals surface area (Å²) in [7, 11) is 0. The molecule has 3 N–H and O–H groups in total. The molecule has 2 rings (SSSR count). The number of carbonyl (C=O) groups excluding carboxylic acids is 1. The summed E-state index contributed by atoms with van der Waals surface area (Å²) >= 11 is 0. The van der Waals surface area contributed by atoms with Crippen molar-refractivity contribution in [3.05, 3.63) is 24.3 Å². The molecule has 7 nitrogen and oxygen atoms in total. The fourth-order valence-electron chi connectivity index (χ4n) is 2.34. The zero-order valence-electron chi connectivity index (χ0n) is 16.5. The minimum absolute atomic E-state index is 0. The van der Waals surface area contributed by atoms with Gasteiger partial charge in [0.15, 0.2) is 5.96 Å². The zero-order chi connectivity index (χ0) is 20.9. The van der Waals surface area contributed by atoms with Crippen LogP contribution in [0.15, 0.2) is 29.3 Å². The van der Waals surface area contributed by atoms with Gasteiger partial charge in [0.25, 0.3) is 0 Å². The average Bonchev–Trinajstić information content (AvgIpc) is 3.35. The van der Waals surface area contributed by atoms with Gasteiger partial charge in [0.05, 0.1) is 6.54 Å². The molecule has 29 heavy (non-hydrogen) atoms. The average molecular weight is 530 g/mol. The van der Waals surface area contributed by atoms with Crippen molar-refractivity contribution in [1.29, 1.82) is 0 Å². The van der Waals surface area contributed by atoms with E-state index in [-0.39, 0.29) is 54.4 Å². The van der Waals surface area contributed by atoms with E-state index in [1.54, 1.807) is 25.7 Å². The Labute approximate surface area is 184 Å². The summed E-state index contributed by atoms with van der Waals surface area (Å²) in [6, 6.07) is 5.28. The first kappa shape index (κ1) is 25.1. The first-order valence-electron chi connectivity index (χ1n) is 8.85. The molecule has 0 unspecified atom stereocenters. The van der Waals surface area contributed by atoms with Crippen LogP contribution >= 0.6 is 24.0 Å². The zero-order valence-corrected chi connectivity index (χ0v) is 18.8. The second-order valence-electron chi connectivity index (χ2n) is 7.37. The van der Waals surface area contributed by atoms with Crippen LogP contribution in [0.2, 0.25) is 0 Å². The predicted molar refractivity (Wildman–Crippen MR) is 115 cm³/mol. The fourth-order valence-corrected chi connectivity index (χ4v) is 2.34. The highest BCUT2D eigenvalue weighted by Gasteiger charge is 2.34. The number of guanidine groups is 1. The van der Waals surface area contributed by atoms with E-state index in [9.17, 15) is 18.0 Å². The number of nitrogens with two attached hydrogens (primary N) is 1. The Morgan fingerprint density at radius 2 is 1.83 bits per heavy atom. The van der Waals surface area contributed by atoms with Gasteiger partial charge in [-0.25, -0.2) is 4.79 Å². The molecule has 1 aromatic rings. The van der Waals surface area contributed by atoms with Gasteiger partial charge in [-0.15, -0.1) is 37.1 Å². The highest BCUT2D eigenvalue weighted by Crippen LogP contribution is 2.28. The van der Waals surface area contributed by atoms with Crippen molar-refractivity contribution in [1.82, 2.24) is 4.90 Å². The molecule has 0 saturated heterocycles. The standard InChI is InChI=1S/C18H25F3N4O3.HI/c1-17(2,3)28-16(26)25(13-6-7-13)11-10-23-15(22)24-12-4-8-14(9-5-12)27-18(19,20)21;/h4-5,8-9,13H,6-7,10-11H2,1-3H3,(H3,22,23,24);1H. The van der Waals surface area contributed by atoms with Crippen LogP contribution in [-0.2, 0) is 4.74 Å². The van der Waals surface area contributed by atoms with Gasteiger partial charge in [-0.05, 0) is 57.9 Å². The number of nitrogens with zero attached hydrogens (tertiary/aromatic N) is 2. The largest absolute Gasteiger partial charge is 0.573 e. The first-order valence-corrected chi connectivity index (χ1v) is 8.85. The Hall–Kier alpha value is -1.92. The lowest BCUT2D eigenvalue weighted by molar-refractivity contribution is -0.274. The van der Waals surface area contributed by atoms with E-state index in [0.29, 0.717) is 12.2 Å². The van der Waals surface area contributed by atoms with Gasteiger partial charge >= 0.3 is 12.5 Å². The summed E-state index contributed by atoms with van der Waals surface area (Å²) in [4.78, 5) is 18.1. The van der Waals surface area contributed by atoms with E-state index in [4.69, 9.17) is 10.5 Å². The molecule has 1 aliphatic rings. The third kappa shape index (κ3) is 9.90. The van der Waals surface area contributed by atoms with E-state index in [2.05, 4.69) is 15.0 Å². The number of hydrogen-bond acceptors (Lipinski definition) is 4. The summed E-state index contributed by atoms with van der Waals surface area (Å²) in [5, 5.41) is 2.77. The van der Waals surface area contributed by atoms with Crippen LogP contribution in [0.3, 0.4) is 0 Å². The van der Waals surface area contributed by atoms with Gasteiger partial charge in [-0.2, -0.15) is 0 Å². The lowest BCUT2D eigenvalue weighted by atomic mass is 10.2. The van der Waals surface area contributed by atoms with Crippen LogP contribution in [0.25, 0.3) is 0 Å². The third-order valence-corrected chi connectivity index (χ3v) is 3.60. The number of ether oxygens (including phenoxy) is 2. The minimum atomic E-state index is -4.74. The number of aliphatic imine (C=N–C) groups is 1. The van der Waals surface area contributed by atoms with Gasteiger partial charge < -0.3 is 25.4 Å². The second kappa shape index (κ2) is 10.2. The van der Waals surface area contributed by atoms with Gasteiger partial charge in [-0.3, -0.25) is 4.99 Å². The van der Waals surface area contributed by atoms with E-state index in [0.717, 1.165) is 12.8 Å². The Bertz CT molecular complexity index is 702. The third-order valence-electron chi connectivity index (χ3n) is 3.60. The normalized spacial score (nSPS) is 14.6. The predicted octanol–water partition coefficient (Wildman–Crippen LogP) is 4.33. The molecule has 0 radical (unpaired) electrons. The van der Waals surface area contributed by atoms with Crippen LogP contribution in [0, 0.1) is 0 Å². The van der Waals surface area contributed by atoms with Gasteiger partial charge in [0.1, 0.15) is 11.4 Å². The molecule has 0 spiro atoms. The lowest BCUT2D eigenvalue weighted by Gasteiger charge is -2.27. The molecular weight excluding hydrogens is 504 g/mol. The number of amides is 1. The molecule has 0 heterocycles. The van der Waals surface area contributed by atoms with Gasteiger partial charge in [0, 0.05) is 18.3 Å². The summed E-state index contributed by atoms with van der Waals surface area (Å²) in [6.45, 7) is 6.05. The smallest absolute Gasteiger partial charge is 0.444 e. The number of nitrogens with one attached hydrogen (secondary N) is 1. The van der Waals surface area contributed by atoms with Crippen LogP contribution in [0.1, 0.15) is 33.6 Å². The van der Waals surface area contributed by atoms with Crippen LogP contribution in [0.5, 0.6) is 5.75 Å². The first-order chi connectivity index (χ1) is 12.9. The van der Waals surface area contributed by atoms with Crippen LogP contribution < -0.4 is 15.8 Å². The number of benzene rings is 1. The maximum atomic E-state index is 12.3. The molecule has 11 heteroatoms. The molecule has 1 saturated carbocycles. The number of rotatable bonds is 6. The quantitative estimate of drug-likeness (QED) is 0.325.